The second-order valence-electron chi connectivity index (χ2n) is 8.08. The molecule has 0 radical (unpaired) electrons. The Bertz CT molecular complexity index is 1470. The van der Waals surface area contributed by atoms with Crippen LogP contribution in [0.4, 0.5) is 11.4 Å². The van der Waals surface area contributed by atoms with E-state index in [0.717, 1.165) is 39.8 Å². The summed E-state index contributed by atoms with van der Waals surface area (Å²) in [5, 5.41) is 18.3. The van der Waals surface area contributed by atoms with Gasteiger partial charge in [-0.2, -0.15) is 0 Å². The maximum absolute atomic E-state index is 12.9. The number of hydrogen-bond donors (Lipinski definition) is 4. The smallest absolute Gasteiger partial charge is 0.251 e. The summed E-state index contributed by atoms with van der Waals surface area (Å²) in [6, 6.07) is 20.7. The predicted octanol–water partition coefficient (Wildman–Crippen LogP) is 5.45. The highest BCUT2D eigenvalue weighted by Gasteiger charge is 2.11. The molecule has 4 N–H and O–H groups in total. The first-order valence-electron chi connectivity index (χ1n) is 10.9. The molecule has 0 spiro atoms. The molecule has 0 bridgehead atoms. The van der Waals surface area contributed by atoms with E-state index in [9.17, 15) is 9.90 Å². The number of H-pyrrole nitrogens is 1. The molecule has 33 heavy (non-hydrogen) atoms. The van der Waals surface area contributed by atoms with Crippen LogP contribution >= 0.6 is 0 Å². The Balaban J connectivity index is 1.34. The van der Waals surface area contributed by atoms with Crippen LogP contribution < -0.4 is 10.6 Å². The first-order valence-corrected chi connectivity index (χ1v) is 10.9. The number of benzene rings is 3. The summed E-state index contributed by atoms with van der Waals surface area (Å²) in [7, 11) is 0. The van der Waals surface area contributed by atoms with Crippen LogP contribution in [0.2, 0.25) is 0 Å². The number of rotatable bonds is 6. The molecule has 0 fully saturated rings. The van der Waals surface area contributed by atoms with Crippen LogP contribution in [0.3, 0.4) is 0 Å². The molecule has 5 aromatic rings. The SMILES string of the molecule is Cc1ccc(O)cc1Nc1ccnc2ccc(C(=O)NCCc3c[nH]c4ccccc34)cc12. The standard InChI is InChI=1S/C27H24N4O2/c1-17-6-8-20(32)15-26(17)31-25-11-13-28-24-9-7-18(14-22(24)25)27(33)29-12-10-19-16-30-23-5-3-2-4-21(19)23/h2-9,11,13-16,30,32H,10,12H2,1H3,(H,28,31)(H,29,33). The summed E-state index contributed by atoms with van der Waals surface area (Å²) in [5.41, 5.74) is 6.27. The third-order valence-electron chi connectivity index (χ3n) is 5.85. The van der Waals surface area contributed by atoms with Crippen molar-refractivity contribution in [2.45, 2.75) is 13.3 Å². The van der Waals surface area contributed by atoms with E-state index in [0.29, 0.717) is 12.1 Å². The number of carbonyl (C=O) groups is 1. The van der Waals surface area contributed by atoms with E-state index >= 15 is 0 Å². The van der Waals surface area contributed by atoms with Gasteiger partial charge in [-0.25, -0.2) is 0 Å². The van der Waals surface area contributed by atoms with Crippen molar-refractivity contribution >= 4 is 39.1 Å². The van der Waals surface area contributed by atoms with Gasteiger partial charge in [-0.15, -0.1) is 0 Å². The second-order valence-corrected chi connectivity index (χ2v) is 8.08. The number of pyridine rings is 1. The molecule has 6 heteroatoms. The average molecular weight is 437 g/mol. The van der Waals surface area contributed by atoms with Crippen molar-refractivity contribution in [1.29, 1.82) is 0 Å². The van der Waals surface area contributed by atoms with Crippen molar-refractivity contribution in [1.82, 2.24) is 15.3 Å². The Labute approximate surface area is 191 Å². The predicted molar refractivity (Wildman–Crippen MR) is 132 cm³/mol. The number of phenols is 1. The zero-order valence-corrected chi connectivity index (χ0v) is 18.2. The molecular formula is C27H24N4O2. The molecule has 0 unspecified atom stereocenters. The lowest BCUT2D eigenvalue weighted by molar-refractivity contribution is 0.0954. The van der Waals surface area contributed by atoms with E-state index in [1.165, 1.54) is 10.9 Å². The van der Waals surface area contributed by atoms with Crippen LogP contribution in [-0.2, 0) is 6.42 Å². The van der Waals surface area contributed by atoms with Gasteiger partial charge >= 0.3 is 0 Å². The van der Waals surface area contributed by atoms with E-state index in [-0.39, 0.29) is 11.7 Å². The van der Waals surface area contributed by atoms with Gasteiger partial charge < -0.3 is 20.7 Å². The van der Waals surface area contributed by atoms with Crippen molar-refractivity contribution < 1.29 is 9.90 Å². The minimum absolute atomic E-state index is 0.125. The number of aromatic nitrogens is 2. The fourth-order valence-corrected chi connectivity index (χ4v) is 4.04. The van der Waals surface area contributed by atoms with Crippen LogP contribution in [-0.4, -0.2) is 27.5 Å². The number of fused-ring (bicyclic) bond motifs is 2. The monoisotopic (exact) mass is 436 g/mol. The van der Waals surface area contributed by atoms with Gasteiger partial charge in [0.1, 0.15) is 5.75 Å². The van der Waals surface area contributed by atoms with Gasteiger partial charge in [0.05, 0.1) is 5.52 Å². The van der Waals surface area contributed by atoms with E-state index in [1.807, 2.05) is 55.6 Å². The molecule has 0 aliphatic heterocycles. The first kappa shape index (κ1) is 20.6. The zero-order valence-electron chi connectivity index (χ0n) is 18.2. The summed E-state index contributed by atoms with van der Waals surface area (Å²) in [6.45, 7) is 2.51. The fraction of sp³-hybridized carbons (Fsp3) is 0.111. The van der Waals surface area contributed by atoms with E-state index < -0.39 is 0 Å². The summed E-state index contributed by atoms with van der Waals surface area (Å²) in [4.78, 5) is 20.5. The molecule has 0 saturated carbocycles. The summed E-state index contributed by atoms with van der Waals surface area (Å²) >= 11 is 0. The largest absolute Gasteiger partial charge is 0.508 e. The molecule has 6 nitrogen and oxygen atoms in total. The number of anilines is 2. The molecule has 0 saturated heterocycles. The van der Waals surface area contributed by atoms with Gasteiger partial charge in [0.2, 0.25) is 0 Å². The van der Waals surface area contributed by atoms with Crippen molar-refractivity contribution in [2.24, 2.45) is 0 Å². The molecular weight excluding hydrogens is 412 g/mol. The Morgan fingerprint density at radius 2 is 1.88 bits per heavy atom. The first-order chi connectivity index (χ1) is 16.1. The maximum atomic E-state index is 12.9. The molecule has 164 valence electrons. The molecule has 0 atom stereocenters. The summed E-state index contributed by atoms with van der Waals surface area (Å²) in [6.07, 6.45) is 4.47. The van der Waals surface area contributed by atoms with Crippen molar-refractivity contribution in [3.63, 3.8) is 0 Å². The number of nitrogens with one attached hydrogen (secondary N) is 3. The number of nitrogens with zero attached hydrogens (tertiary/aromatic N) is 1. The Kier molecular flexibility index (Phi) is 5.40. The molecule has 3 aromatic carbocycles. The van der Waals surface area contributed by atoms with Gasteiger partial charge in [0.15, 0.2) is 0 Å². The molecule has 2 aromatic heterocycles. The molecule has 5 rings (SSSR count). The van der Waals surface area contributed by atoms with Crippen molar-refractivity contribution in [2.75, 3.05) is 11.9 Å². The number of aromatic hydroxyl groups is 1. The van der Waals surface area contributed by atoms with Gasteiger partial charge in [-0.3, -0.25) is 9.78 Å². The fourth-order valence-electron chi connectivity index (χ4n) is 4.04. The van der Waals surface area contributed by atoms with E-state index in [2.05, 4.69) is 26.7 Å². The number of aryl methyl sites for hydroxylation is 1. The highest BCUT2D eigenvalue weighted by molar-refractivity contribution is 6.01. The van der Waals surface area contributed by atoms with E-state index in [1.54, 1.807) is 24.4 Å². The maximum Gasteiger partial charge on any atom is 0.251 e. The average Bonchev–Trinajstić information content (AvgIpc) is 3.24. The number of carbonyl (C=O) groups excluding carboxylic acids is 1. The lowest BCUT2D eigenvalue weighted by Crippen LogP contribution is -2.25. The van der Waals surface area contributed by atoms with Crippen molar-refractivity contribution in [3.8, 4) is 5.75 Å². The number of phenolic OH excluding ortho intramolecular Hbond substituents is 1. The van der Waals surface area contributed by atoms with Gasteiger partial charge in [-0.1, -0.05) is 24.3 Å². The normalized spacial score (nSPS) is 11.1. The second kappa shape index (κ2) is 8.67. The van der Waals surface area contributed by atoms with E-state index in [4.69, 9.17) is 0 Å². The minimum atomic E-state index is -0.125. The Morgan fingerprint density at radius 3 is 2.79 bits per heavy atom. The molecule has 1 amide bonds. The number of aromatic amines is 1. The third-order valence-corrected chi connectivity index (χ3v) is 5.85. The number of hydrogen-bond acceptors (Lipinski definition) is 4. The topological polar surface area (TPSA) is 90.0 Å². The summed E-state index contributed by atoms with van der Waals surface area (Å²) in [5.74, 6) is 0.0665. The Morgan fingerprint density at radius 1 is 1.00 bits per heavy atom. The minimum Gasteiger partial charge on any atom is -0.508 e. The highest BCUT2D eigenvalue weighted by atomic mass is 16.3. The highest BCUT2D eigenvalue weighted by Crippen LogP contribution is 2.29. The van der Waals surface area contributed by atoms with Gasteiger partial charge in [0.25, 0.3) is 5.91 Å². The number of amides is 1. The Hall–Kier alpha value is -4.32. The summed E-state index contributed by atoms with van der Waals surface area (Å²) < 4.78 is 0. The lowest BCUT2D eigenvalue weighted by atomic mass is 10.1. The van der Waals surface area contributed by atoms with Crippen LogP contribution in [0.15, 0.2) is 79.1 Å². The molecule has 0 aliphatic carbocycles. The van der Waals surface area contributed by atoms with Crippen LogP contribution in [0.1, 0.15) is 21.5 Å². The third kappa shape index (κ3) is 4.23. The van der Waals surface area contributed by atoms with Crippen molar-refractivity contribution in [3.05, 3.63) is 95.8 Å². The van der Waals surface area contributed by atoms with Crippen LogP contribution in [0, 0.1) is 6.92 Å². The molecule has 0 aliphatic rings. The molecule has 2 heterocycles. The van der Waals surface area contributed by atoms with Gasteiger partial charge in [-0.05, 0) is 60.9 Å². The van der Waals surface area contributed by atoms with Crippen LogP contribution in [0.5, 0.6) is 5.75 Å². The zero-order chi connectivity index (χ0) is 22.8. The van der Waals surface area contributed by atoms with Crippen LogP contribution in [0.25, 0.3) is 21.8 Å². The quantitative estimate of drug-likeness (QED) is 0.285. The van der Waals surface area contributed by atoms with Gasteiger partial charge in [0, 0.05) is 58.2 Å². The number of para-hydroxylation sites is 1. The lowest BCUT2D eigenvalue weighted by Gasteiger charge is -2.13.